The SMILES string of the molecule is CNC(C)C1CCN(CC2(O)CCCC2)CC1. The van der Waals surface area contributed by atoms with Crippen molar-refractivity contribution in [3.63, 3.8) is 0 Å². The third-order valence-corrected chi connectivity index (χ3v) is 4.85. The first kappa shape index (κ1) is 13.3. The van der Waals surface area contributed by atoms with Crippen molar-refractivity contribution in [1.82, 2.24) is 10.2 Å². The molecule has 17 heavy (non-hydrogen) atoms. The van der Waals surface area contributed by atoms with Crippen molar-refractivity contribution < 1.29 is 5.11 Å². The maximum Gasteiger partial charge on any atom is 0.0774 e. The van der Waals surface area contributed by atoms with E-state index in [2.05, 4.69) is 24.2 Å². The minimum Gasteiger partial charge on any atom is -0.389 e. The monoisotopic (exact) mass is 240 g/mol. The Morgan fingerprint density at radius 2 is 1.88 bits per heavy atom. The zero-order chi connectivity index (χ0) is 12.3. The average Bonchev–Trinajstić information content (AvgIpc) is 2.76. The van der Waals surface area contributed by atoms with Crippen molar-refractivity contribution in [2.75, 3.05) is 26.7 Å². The lowest BCUT2D eigenvalue weighted by atomic mass is 9.89. The van der Waals surface area contributed by atoms with E-state index in [1.54, 1.807) is 0 Å². The van der Waals surface area contributed by atoms with E-state index in [1.807, 2.05) is 0 Å². The summed E-state index contributed by atoms with van der Waals surface area (Å²) in [5, 5.41) is 13.8. The van der Waals surface area contributed by atoms with E-state index in [4.69, 9.17) is 0 Å². The van der Waals surface area contributed by atoms with Crippen LogP contribution in [0.4, 0.5) is 0 Å². The number of hydrogen-bond donors (Lipinski definition) is 2. The highest BCUT2D eigenvalue weighted by atomic mass is 16.3. The summed E-state index contributed by atoms with van der Waals surface area (Å²) >= 11 is 0. The Kier molecular flexibility index (Phi) is 4.45. The Balaban J connectivity index is 1.75. The van der Waals surface area contributed by atoms with Crippen LogP contribution in [0.25, 0.3) is 0 Å². The maximum absolute atomic E-state index is 10.4. The van der Waals surface area contributed by atoms with Crippen molar-refractivity contribution >= 4 is 0 Å². The van der Waals surface area contributed by atoms with Gasteiger partial charge in [0.15, 0.2) is 0 Å². The molecule has 0 spiro atoms. The summed E-state index contributed by atoms with van der Waals surface area (Å²) < 4.78 is 0. The number of likely N-dealkylation sites (tertiary alicyclic amines) is 1. The second kappa shape index (κ2) is 5.68. The molecule has 1 atom stereocenters. The predicted octanol–water partition coefficient (Wildman–Crippen LogP) is 1.61. The highest BCUT2D eigenvalue weighted by Crippen LogP contribution is 2.31. The van der Waals surface area contributed by atoms with Gasteiger partial charge in [-0.2, -0.15) is 0 Å². The van der Waals surface area contributed by atoms with Crippen molar-refractivity contribution in [3.8, 4) is 0 Å². The Morgan fingerprint density at radius 3 is 2.41 bits per heavy atom. The van der Waals surface area contributed by atoms with Gasteiger partial charge in [-0.1, -0.05) is 12.8 Å². The number of nitrogens with zero attached hydrogens (tertiary/aromatic N) is 1. The number of hydrogen-bond acceptors (Lipinski definition) is 3. The molecule has 1 heterocycles. The minimum absolute atomic E-state index is 0.360. The molecule has 1 aliphatic heterocycles. The fourth-order valence-corrected chi connectivity index (χ4v) is 3.45. The minimum atomic E-state index is -0.360. The van der Waals surface area contributed by atoms with E-state index in [0.29, 0.717) is 6.04 Å². The Bertz CT molecular complexity index is 230. The third kappa shape index (κ3) is 3.43. The fourth-order valence-electron chi connectivity index (χ4n) is 3.45. The third-order valence-electron chi connectivity index (χ3n) is 4.85. The van der Waals surface area contributed by atoms with Gasteiger partial charge in [0.1, 0.15) is 0 Å². The van der Waals surface area contributed by atoms with Crippen molar-refractivity contribution in [2.24, 2.45) is 5.92 Å². The normalized spacial score (nSPS) is 28.4. The lowest BCUT2D eigenvalue weighted by Gasteiger charge is -2.38. The molecule has 100 valence electrons. The first-order valence-electron chi connectivity index (χ1n) is 7.25. The first-order chi connectivity index (χ1) is 8.13. The molecule has 3 nitrogen and oxygen atoms in total. The Labute approximate surface area is 106 Å². The van der Waals surface area contributed by atoms with Crippen LogP contribution in [0.2, 0.25) is 0 Å². The number of β-amino-alcohol motifs (C(OH)–C–C–N with tert-alkyl or cyclic N) is 1. The molecule has 0 aromatic carbocycles. The van der Waals surface area contributed by atoms with E-state index >= 15 is 0 Å². The molecule has 0 radical (unpaired) electrons. The second-order valence-corrected chi connectivity index (χ2v) is 6.12. The molecule has 2 rings (SSSR count). The summed E-state index contributed by atoms with van der Waals surface area (Å²) in [5.74, 6) is 0.814. The molecular weight excluding hydrogens is 212 g/mol. The van der Waals surface area contributed by atoms with Crippen LogP contribution in [-0.2, 0) is 0 Å². The first-order valence-corrected chi connectivity index (χ1v) is 7.25. The van der Waals surface area contributed by atoms with Gasteiger partial charge in [-0.15, -0.1) is 0 Å². The summed E-state index contributed by atoms with van der Waals surface area (Å²) in [6.07, 6.45) is 7.00. The van der Waals surface area contributed by atoms with Crippen molar-refractivity contribution in [3.05, 3.63) is 0 Å². The zero-order valence-corrected chi connectivity index (χ0v) is 11.4. The van der Waals surface area contributed by atoms with Crippen molar-refractivity contribution in [1.29, 1.82) is 0 Å². The van der Waals surface area contributed by atoms with Crippen LogP contribution in [0.3, 0.4) is 0 Å². The molecule has 3 heteroatoms. The molecule has 2 N–H and O–H groups in total. The largest absolute Gasteiger partial charge is 0.389 e. The van der Waals surface area contributed by atoms with Gasteiger partial charge in [0.05, 0.1) is 5.60 Å². The lowest BCUT2D eigenvalue weighted by Crippen LogP contribution is -2.47. The molecule has 0 amide bonds. The molecule has 1 aliphatic carbocycles. The standard InChI is InChI=1S/C14H28N2O/c1-12(15-2)13-5-9-16(10-6-13)11-14(17)7-3-4-8-14/h12-13,15,17H,3-11H2,1-2H3. The van der Waals surface area contributed by atoms with Gasteiger partial charge in [0.25, 0.3) is 0 Å². The molecule has 2 fully saturated rings. The molecule has 1 saturated carbocycles. The van der Waals surface area contributed by atoms with Crippen LogP contribution in [0.5, 0.6) is 0 Å². The van der Waals surface area contributed by atoms with Crippen LogP contribution in [0.1, 0.15) is 45.4 Å². The Morgan fingerprint density at radius 1 is 1.29 bits per heavy atom. The maximum atomic E-state index is 10.4. The molecule has 0 aromatic heterocycles. The Hall–Kier alpha value is -0.120. The second-order valence-electron chi connectivity index (χ2n) is 6.12. The highest BCUT2D eigenvalue weighted by Gasteiger charge is 2.34. The summed E-state index contributed by atoms with van der Waals surface area (Å²) in [6.45, 7) is 5.52. The molecular formula is C14H28N2O. The van der Waals surface area contributed by atoms with E-state index in [-0.39, 0.29) is 5.60 Å². The van der Waals surface area contributed by atoms with Gasteiger partial charge in [0.2, 0.25) is 0 Å². The zero-order valence-electron chi connectivity index (χ0n) is 11.4. The van der Waals surface area contributed by atoms with Crippen molar-refractivity contribution in [2.45, 2.75) is 57.1 Å². The molecule has 1 unspecified atom stereocenters. The van der Waals surface area contributed by atoms with Crippen LogP contribution in [-0.4, -0.2) is 48.3 Å². The topological polar surface area (TPSA) is 35.5 Å². The van der Waals surface area contributed by atoms with E-state index < -0.39 is 0 Å². The number of rotatable bonds is 4. The van der Waals surface area contributed by atoms with E-state index in [1.165, 1.54) is 38.8 Å². The van der Waals surface area contributed by atoms with Crippen LogP contribution < -0.4 is 5.32 Å². The van der Waals surface area contributed by atoms with E-state index in [0.717, 1.165) is 25.3 Å². The summed E-state index contributed by atoms with van der Waals surface area (Å²) in [4.78, 5) is 2.48. The molecule has 2 aliphatic rings. The molecule has 1 saturated heterocycles. The van der Waals surface area contributed by atoms with Crippen LogP contribution >= 0.6 is 0 Å². The van der Waals surface area contributed by atoms with Gasteiger partial charge >= 0.3 is 0 Å². The van der Waals surface area contributed by atoms with Gasteiger partial charge in [-0.05, 0) is 58.7 Å². The molecule has 0 bridgehead atoms. The summed E-state index contributed by atoms with van der Waals surface area (Å²) in [6, 6.07) is 0.631. The van der Waals surface area contributed by atoms with Gasteiger partial charge < -0.3 is 15.3 Å². The van der Waals surface area contributed by atoms with Crippen LogP contribution in [0.15, 0.2) is 0 Å². The fraction of sp³-hybridized carbons (Fsp3) is 1.00. The van der Waals surface area contributed by atoms with Gasteiger partial charge in [0, 0.05) is 12.6 Å². The smallest absolute Gasteiger partial charge is 0.0774 e. The van der Waals surface area contributed by atoms with E-state index in [9.17, 15) is 5.11 Å². The number of piperidine rings is 1. The summed E-state index contributed by atoms with van der Waals surface area (Å²) in [7, 11) is 2.05. The highest BCUT2D eigenvalue weighted by molar-refractivity contribution is 4.89. The lowest BCUT2D eigenvalue weighted by molar-refractivity contribution is -0.00117. The van der Waals surface area contributed by atoms with Gasteiger partial charge in [-0.25, -0.2) is 0 Å². The van der Waals surface area contributed by atoms with Gasteiger partial charge in [-0.3, -0.25) is 0 Å². The summed E-state index contributed by atoms with van der Waals surface area (Å²) in [5.41, 5.74) is -0.360. The predicted molar refractivity (Wildman–Crippen MR) is 71.1 cm³/mol. The average molecular weight is 240 g/mol. The number of aliphatic hydroxyl groups is 1. The molecule has 0 aromatic rings. The number of nitrogens with one attached hydrogen (secondary N) is 1. The quantitative estimate of drug-likeness (QED) is 0.784. The van der Waals surface area contributed by atoms with Crippen LogP contribution in [0, 0.1) is 5.92 Å².